The van der Waals surface area contributed by atoms with Gasteiger partial charge in [0.15, 0.2) is 0 Å². The number of hydrogen-bond donors (Lipinski definition) is 0. The Balaban J connectivity index is 2.25. The van der Waals surface area contributed by atoms with Crippen LogP contribution in [-0.2, 0) is 4.79 Å². The number of likely N-dealkylation sites (tertiary alicyclic amines) is 1. The Morgan fingerprint density at radius 2 is 2.14 bits per heavy atom. The van der Waals surface area contributed by atoms with E-state index in [4.69, 9.17) is 11.6 Å². The number of amides is 2. The van der Waals surface area contributed by atoms with Crippen LogP contribution in [0.5, 0.6) is 0 Å². The van der Waals surface area contributed by atoms with E-state index >= 15 is 0 Å². The fourth-order valence-electron chi connectivity index (χ4n) is 2.31. The van der Waals surface area contributed by atoms with Crippen LogP contribution in [-0.4, -0.2) is 28.2 Å². The summed E-state index contributed by atoms with van der Waals surface area (Å²) in [7, 11) is 0. The maximum Gasteiger partial charge on any atom is 0.270 e. The van der Waals surface area contributed by atoms with Crippen molar-refractivity contribution in [1.82, 2.24) is 4.90 Å². The van der Waals surface area contributed by atoms with E-state index in [0.29, 0.717) is 18.9 Å². The van der Waals surface area contributed by atoms with E-state index in [1.54, 1.807) is 0 Å². The van der Waals surface area contributed by atoms with Crippen molar-refractivity contribution < 1.29 is 14.5 Å². The fourth-order valence-corrected chi connectivity index (χ4v) is 2.57. The molecular formula is C14H15ClN2O4. The minimum absolute atomic E-state index is 0.0185. The van der Waals surface area contributed by atoms with Crippen LogP contribution in [0.1, 0.15) is 30.6 Å². The van der Waals surface area contributed by atoms with E-state index in [1.165, 1.54) is 17.0 Å². The maximum absolute atomic E-state index is 12.4. The fraction of sp³-hybridized carbons (Fsp3) is 0.429. The molecule has 1 aliphatic heterocycles. The highest BCUT2D eigenvalue weighted by Gasteiger charge is 2.36. The van der Waals surface area contributed by atoms with Crippen molar-refractivity contribution in [2.75, 3.05) is 6.54 Å². The van der Waals surface area contributed by atoms with Gasteiger partial charge in [-0.1, -0.05) is 25.4 Å². The molecule has 0 bridgehead atoms. The van der Waals surface area contributed by atoms with Gasteiger partial charge < -0.3 is 0 Å². The number of rotatable bonds is 3. The smallest absolute Gasteiger partial charge is 0.270 e. The molecule has 0 aromatic heterocycles. The molecule has 1 heterocycles. The SMILES string of the molecule is CC(C)C1CC(=O)N(C(=O)c2ccc([N+](=O)[O-])cc2Cl)C1. The lowest BCUT2D eigenvalue weighted by Crippen LogP contribution is -2.32. The molecule has 1 unspecified atom stereocenters. The second-order valence-electron chi connectivity index (χ2n) is 5.44. The van der Waals surface area contributed by atoms with Crippen LogP contribution in [0, 0.1) is 22.0 Å². The van der Waals surface area contributed by atoms with Gasteiger partial charge in [-0.25, -0.2) is 0 Å². The summed E-state index contributed by atoms with van der Waals surface area (Å²) in [5.74, 6) is -0.284. The van der Waals surface area contributed by atoms with Gasteiger partial charge in [-0.3, -0.25) is 24.6 Å². The number of non-ortho nitro benzene ring substituents is 1. The highest BCUT2D eigenvalue weighted by Crippen LogP contribution is 2.29. The molecule has 6 nitrogen and oxygen atoms in total. The molecule has 1 fully saturated rings. The number of halogens is 1. The van der Waals surface area contributed by atoms with Gasteiger partial charge in [-0.2, -0.15) is 0 Å². The standard InChI is InChI=1S/C14H15ClN2O4/c1-8(2)9-5-13(18)16(7-9)14(19)11-4-3-10(17(20)21)6-12(11)15/h3-4,6,8-9H,5,7H2,1-2H3. The van der Waals surface area contributed by atoms with Crippen molar-refractivity contribution in [3.05, 3.63) is 38.9 Å². The average Bonchev–Trinajstić information content (AvgIpc) is 2.80. The topological polar surface area (TPSA) is 80.5 Å². The quantitative estimate of drug-likeness (QED) is 0.488. The van der Waals surface area contributed by atoms with Crippen molar-refractivity contribution in [2.24, 2.45) is 11.8 Å². The maximum atomic E-state index is 12.4. The first kappa shape index (κ1) is 15.4. The van der Waals surface area contributed by atoms with Crippen LogP contribution in [0.25, 0.3) is 0 Å². The van der Waals surface area contributed by atoms with E-state index in [0.717, 1.165) is 6.07 Å². The Morgan fingerprint density at radius 1 is 1.48 bits per heavy atom. The first-order valence-electron chi connectivity index (χ1n) is 6.60. The molecule has 1 aromatic carbocycles. The zero-order valence-corrected chi connectivity index (χ0v) is 12.5. The van der Waals surface area contributed by atoms with Gasteiger partial charge in [0.1, 0.15) is 0 Å². The molecule has 1 aliphatic rings. The highest BCUT2D eigenvalue weighted by molar-refractivity contribution is 6.34. The van der Waals surface area contributed by atoms with Gasteiger partial charge in [0, 0.05) is 25.1 Å². The molecule has 1 atom stereocenters. The summed E-state index contributed by atoms with van der Waals surface area (Å²) in [5.41, 5.74) is -0.0793. The van der Waals surface area contributed by atoms with Crippen LogP contribution >= 0.6 is 11.6 Å². The van der Waals surface area contributed by atoms with Crippen LogP contribution in [0.3, 0.4) is 0 Å². The van der Waals surface area contributed by atoms with Crippen molar-refractivity contribution in [3.8, 4) is 0 Å². The normalized spacial score (nSPS) is 18.4. The lowest BCUT2D eigenvalue weighted by atomic mass is 9.95. The third-order valence-corrected chi connectivity index (χ3v) is 4.05. The molecule has 1 saturated heterocycles. The molecule has 112 valence electrons. The molecule has 0 saturated carbocycles. The lowest BCUT2D eigenvalue weighted by Gasteiger charge is -2.17. The summed E-state index contributed by atoms with van der Waals surface area (Å²) in [6.07, 6.45) is 0.341. The van der Waals surface area contributed by atoms with Crippen LogP contribution in [0.4, 0.5) is 5.69 Å². The zero-order valence-electron chi connectivity index (χ0n) is 11.7. The predicted molar refractivity (Wildman–Crippen MR) is 77.1 cm³/mol. The lowest BCUT2D eigenvalue weighted by molar-refractivity contribution is -0.384. The summed E-state index contributed by atoms with van der Waals surface area (Å²) in [5, 5.41) is 10.6. The molecule has 2 rings (SSSR count). The average molecular weight is 311 g/mol. The third-order valence-electron chi connectivity index (χ3n) is 3.74. The van der Waals surface area contributed by atoms with E-state index in [1.807, 2.05) is 13.8 Å². The third kappa shape index (κ3) is 3.05. The number of imide groups is 1. The van der Waals surface area contributed by atoms with Gasteiger partial charge in [0.05, 0.1) is 15.5 Å². The molecule has 0 spiro atoms. The van der Waals surface area contributed by atoms with Crippen LogP contribution in [0.15, 0.2) is 18.2 Å². The van der Waals surface area contributed by atoms with E-state index in [9.17, 15) is 19.7 Å². The molecule has 7 heteroatoms. The van der Waals surface area contributed by atoms with Crippen molar-refractivity contribution in [2.45, 2.75) is 20.3 Å². The Kier molecular flexibility index (Phi) is 4.27. The first-order chi connectivity index (χ1) is 9.81. The molecule has 0 aliphatic carbocycles. The number of carbonyl (C=O) groups is 2. The van der Waals surface area contributed by atoms with Crippen molar-refractivity contribution >= 4 is 29.1 Å². The van der Waals surface area contributed by atoms with E-state index < -0.39 is 10.8 Å². The van der Waals surface area contributed by atoms with E-state index in [2.05, 4.69) is 0 Å². The Bertz CT molecular complexity index is 615. The van der Waals surface area contributed by atoms with Crippen LogP contribution in [0.2, 0.25) is 5.02 Å². The van der Waals surface area contributed by atoms with Gasteiger partial charge in [-0.15, -0.1) is 0 Å². The summed E-state index contributed by atoms with van der Waals surface area (Å²) in [4.78, 5) is 35.6. The number of nitrogens with zero attached hydrogens (tertiary/aromatic N) is 2. The largest absolute Gasteiger partial charge is 0.278 e. The predicted octanol–water partition coefficient (Wildman–Crippen LogP) is 2.89. The van der Waals surface area contributed by atoms with Gasteiger partial charge in [0.2, 0.25) is 5.91 Å². The second-order valence-corrected chi connectivity index (χ2v) is 5.85. The number of nitro benzene ring substituents is 1. The molecule has 0 radical (unpaired) electrons. The van der Waals surface area contributed by atoms with Gasteiger partial charge in [0.25, 0.3) is 11.6 Å². The first-order valence-corrected chi connectivity index (χ1v) is 6.97. The zero-order chi connectivity index (χ0) is 15.7. The minimum atomic E-state index is -0.587. The Labute approximate surface area is 126 Å². The Morgan fingerprint density at radius 3 is 2.62 bits per heavy atom. The van der Waals surface area contributed by atoms with Gasteiger partial charge in [-0.05, 0) is 17.9 Å². The summed E-state index contributed by atoms with van der Waals surface area (Å²) in [6, 6.07) is 3.62. The summed E-state index contributed by atoms with van der Waals surface area (Å²) in [6.45, 7) is 4.37. The van der Waals surface area contributed by atoms with Crippen molar-refractivity contribution in [1.29, 1.82) is 0 Å². The summed E-state index contributed by atoms with van der Waals surface area (Å²) >= 11 is 5.93. The molecule has 2 amide bonds. The van der Waals surface area contributed by atoms with Crippen molar-refractivity contribution in [3.63, 3.8) is 0 Å². The monoisotopic (exact) mass is 310 g/mol. The van der Waals surface area contributed by atoms with Crippen LogP contribution < -0.4 is 0 Å². The highest BCUT2D eigenvalue weighted by atomic mass is 35.5. The summed E-state index contributed by atoms with van der Waals surface area (Å²) < 4.78 is 0. The number of hydrogen-bond acceptors (Lipinski definition) is 4. The molecular weight excluding hydrogens is 296 g/mol. The number of benzene rings is 1. The minimum Gasteiger partial charge on any atom is -0.278 e. The number of carbonyl (C=O) groups excluding carboxylic acids is 2. The molecule has 21 heavy (non-hydrogen) atoms. The Hall–Kier alpha value is -1.95. The number of nitro groups is 1. The van der Waals surface area contributed by atoms with E-state index in [-0.39, 0.29) is 28.1 Å². The van der Waals surface area contributed by atoms with Gasteiger partial charge >= 0.3 is 0 Å². The second kappa shape index (κ2) is 5.81. The molecule has 0 N–H and O–H groups in total. The molecule has 1 aromatic rings.